The van der Waals surface area contributed by atoms with Crippen LogP contribution < -0.4 is 0 Å². The number of hydrogen-bond acceptors (Lipinski definition) is 4. The summed E-state index contributed by atoms with van der Waals surface area (Å²) >= 11 is 0. The van der Waals surface area contributed by atoms with E-state index in [1.807, 2.05) is 26.8 Å². The van der Waals surface area contributed by atoms with Crippen LogP contribution in [0.1, 0.15) is 48.1 Å². The number of rotatable bonds is 3. The Morgan fingerprint density at radius 1 is 1.50 bits per heavy atom. The van der Waals surface area contributed by atoms with E-state index in [0.717, 1.165) is 5.56 Å². The van der Waals surface area contributed by atoms with Gasteiger partial charge in [0, 0.05) is 25.2 Å². The number of aromatic nitrogens is 4. The van der Waals surface area contributed by atoms with E-state index in [1.165, 1.54) is 0 Å². The maximum absolute atomic E-state index is 12.5. The summed E-state index contributed by atoms with van der Waals surface area (Å²) < 4.78 is 1.72. The van der Waals surface area contributed by atoms with Crippen molar-refractivity contribution in [3.05, 3.63) is 35.4 Å². The normalized spacial score (nSPS) is 21.8. The number of carbonyl (C=O) groups excluding carboxylic acids is 1. The van der Waals surface area contributed by atoms with Crippen LogP contribution in [0.3, 0.4) is 0 Å². The van der Waals surface area contributed by atoms with Crippen molar-refractivity contribution >= 4 is 5.91 Å². The van der Waals surface area contributed by atoms with Crippen molar-refractivity contribution in [3.8, 4) is 0 Å². The van der Waals surface area contributed by atoms with Crippen LogP contribution in [0.2, 0.25) is 0 Å². The zero-order valence-electron chi connectivity index (χ0n) is 13.1. The van der Waals surface area contributed by atoms with Gasteiger partial charge in [-0.25, -0.2) is 4.68 Å². The fourth-order valence-corrected chi connectivity index (χ4v) is 2.75. The van der Waals surface area contributed by atoms with Gasteiger partial charge in [-0.05, 0) is 32.4 Å². The minimum Gasteiger partial charge on any atom is -0.381 e. The number of aryl methyl sites for hydroxylation is 1. The average molecular weight is 303 g/mol. The average Bonchev–Trinajstić information content (AvgIpc) is 3.17. The van der Waals surface area contributed by atoms with E-state index >= 15 is 0 Å². The van der Waals surface area contributed by atoms with Crippen LogP contribution in [0.4, 0.5) is 0 Å². The molecule has 0 aliphatic carbocycles. The van der Waals surface area contributed by atoms with Gasteiger partial charge in [0.2, 0.25) is 0 Å². The van der Waals surface area contributed by atoms with Crippen molar-refractivity contribution in [3.63, 3.8) is 0 Å². The van der Waals surface area contributed by atoms with Gasteiger partial charge in [0.1, 0.15) is 17.0 Å². The lowest BCUT2D eigenvalue weighted by Gasteiger charge is -2.21. The third-order valence-corrected chi connectivity index (χ3v) is 4.22. The Balaban J connectivity index is 1.78. The van der Waals surface area contributed by atoms with Crippen LogP contribution in [0.15, 0.2) is 18.5 Å². The SMILES string of the molecule is Cc1cc[nH]c1C(=O)N1CC[C@@](O)(c2cn(C(C)C)nn2)C1. The van der Waals surface area contributed by atoms with E-state index in [0.29, 0.717) is 24.4 Å². The molecule has 1 amide bonds. The van der Waals surface area contributed by atoms with Gasteiger partial charge in [0.25, 0.3) is 5.91 Å². The third kappa shape index (κ3) is 2.41. The molecule has 1 aliphatic heterocycles. The molecule has 1 atom stereocenters. The lowest BCUT2D eigenvalue weighted by molar-refractivity contribution is 0.0380. The quantitative estimate of drug-likeness (QED) is 0.893. The molecule has 0 spiro atoms. The summed E-state index contributed by atoms with van der Waals surface area (Å²) in [5, 5.41) is 18.9. The number of nitrogens with zero attached hydrogens (tertiary/aromatic N) is 4. The summed E-state index contributed by atoms with van der Waals surface area (Å²) in [6.45, 7) is 6.63. The summed E-state index contributed by atoms with van der Waals surface area (Å²) in [6.07, 6.45) is 3.98. The van der Waals surface area contributed by atoms with Crippen LogP contribution in [0.25, 0.3) is 0 Å². The largest absolute Gasteiger partial charge is 0.381 e. The zero-order chi connectivity index (χ0) is 15.9. The third-order valence-electron chi connectivity index (χ3n) is 4.22. The maximum atomic E-state index is 12.5. The van der Waals surface area contributed by atoms with Crippen LogP contribution in [-0.2, 0) is 5.60 Å². The van der Waals surface area contributed by atoms with Crippen molar-refractivity contribution in [2.45, 2.75) is 38.8 Å². The second-order valence-electron chi connectivity index (χ2n) is 6.22. The molecule has 0 bridgehead atoms. The van der Waals surface area contributed by atoms with Gasteiger partial charge in [0.05, 0.1) is 12.7 Å². The van der Waals surface area contributed by atoms with Crippen LogP contribution in [0, 0.1) is 6.92 Å². The van der Waals surface area contributed by atoms with Crippen LogP contribution in [-0.4, -0.2) is 49.0 Å². The summed E-state index contributed by atoms with van der Waals surface area (Å²) in [5.41, 5.74) is 0.893. The molecule has 0 unspecified atom stereocenters. The maximum Gasteiger partial charge on any atom is 0.270 e. The lowest BCUT2D eigenvalue weighted by atomic mass is 10.00. The van der Waals surface area contributed by atoms with Crippen molar-refractivity contribution < 1.29 is 9.90 Å². The molecule has 2 aromatic heterocycles. The van der Waals surface area contributed by atoms with Gasteiger partial charge in [-0.2, -0.15) is 0 Å². The molecule has 22 heavy (non-hydrogen) atoms. The fraction of sp³-hybridized carbons (Fsp3) is 0.533. The van der Waals surface area contributed by atoms with E-state index in [1.54, 1.807) is 22.0 Å². The molecule has 0 aromatic carbocycles. The summed E-state index contributed by atoms with van der Waals surface area (Å²) in [6, 6.07) is 2.05. The number of amides is 1. The topological polar surface area (TPSA) is 87.0 Å². The van der Waals surface area contributed by atoms with Gasteiger partial charge in [0.15, 0.2) is 0 Å². The first-order chi connectivity index (χ1) is 10.4. The van der Waals surface area contributed by atoms with E-state index in [4.69, 9.17) is 0 Å². The molecule has 1 fully saturated rings. The molecule has 118 valence electrons. The Labute approximate surface area is 128 Å². The smallest absolute Gasteiger partial charge is 0.270 e. The standard InChI is InChI=1S/C15H21N5O2/c1-10(2)20-8-12(17-18-20)15(22)5-7-19(9-15)14(21)13-11(3)4-6-16-13/h4,6,8,10,16,22H,5,7,9H2,1-3H3/t15-/m0/s1. The molecule has 7 heteroatoms. The number of aliphatic hydroxyl groups is 1. The molecular formula is C15H21N5O2. The monoisotopic (exact) mass is 303 g/mol. The molecular weight excluding hydrogens is 282 g/mol. The van der Waals surface area contributed by atoms with Crippen molar-refractivity contribution in [1.29, 1.82) is 0 Å². The highest BCUT2D eigenvalue weighted by Crippen LogP contribution is 2.31. The number of carbonyl (C=O) groups is 1. The molecule has 3 rings (SSSR count). The first kappa shape index (κ1) is 14.8. The van der Waals surface area contributed by atoms with Gasteiger partial charge >= 0.3 is 0 Å². The number of likely N-dealkylation sites (tertiary alicyclic amines) is 1. The van der Waals surface area contributed by atoms with E-state index < -0.39 is 5.60 Å². The lowest BCUT2D eigenvalue weighted by Crippen LogP contribution is -2.35. The van der Waals surface area contributed by atoms with Crippen molar-refractivity contribution in [2.24, 2.45) is 0 Å². The Morgan fingerprint density at radius 2 is 2.27 bits per heavy atom. The molecule has 3 heterocycles. The first-order valence-corrected chi connectivity index (χ1v) is 7.48. The van der Waals surface area contributed by atoms with Crippen molar-refractivity contribution in [1.82, 2.24) is 24.9 Å². The molecule has 2 N–H and O–H groups in total. The van der Waals surface area contributed by atoms with Crippen molar-refractivity contribution in [2.75, 3.05) is 13.1 Å². The minimum atomic E-state index is -1.12. The molecule has 7 nitrogen and oxygen atoms in total. The molecule has 0 radical (unpaired) electrons. The molecule has 1 saturated heterocycles. The Morgan fingerprint density at radius 3 is 2.86 bits per heavy atom. The highest BCUT2D eigenvalue weighted by atomic mass is 16.3. The van der Waals surface area contributed by atoms with Gasteiger partial charge in [-0.1, -0.05) is 5.21 Å². The Bertz CT molecular complexity index is 690. The van der Waals surface area contributed by atoms with Gasteiger partial charge in [-0.3, -0.25) is 4.79 Å². The predicted octanol–water partition coefficient (Wildman–Crippen LogP) is 1.23. The minimum absolute atomic E-state index is 0.0883. The second-order valence-corrected chi connectivity index (χ2v) is 6.22. The van der Waals surface area contributed by atoms with Gasteiger partial charge < -0.3 is 15.0 Å². The Kier molecular flexibility index (Phi) is 3.52. The van der Waals surface area contributed by atoms with Crippen LogP contribution in [0.5, 0.6) is 0 Å². The fourth-order valence-electron chi connectivity index (χ4n) is 2.75. The number of hydrogen-bond donors (Lipinski definition) is 2. The summed E-state index contributed by atoms with van der Waals surface area (Å²) in [7, 11) is 0. The summed E-state index contributed by atoms with van der Waals surface area (Å²) in [5.74, 6) is -0.0883. The summed E-state index contributed by atoms with van der Waals surface area (Å²) in [4.78, 5) is 17.1. The molecule has 2 aromatic rings. The number of H-pyrrole nitrogens is 1. The second kappa shape index (κ2) is 5.24. The number of β-amino-alcohol motifs (C(OH)–C–C–N with tert-alkyl or cyclic N) is 1. The molecule has 0 saturated carbocycles. The highest BCUT2D eigenvalue weighted by molar-refractivity contribution is 5.94. The van der Waals surface area contributed by atoms with E-state index in [9.17, 15) is 9.90 Å². The first-order valence-electron chi connectivity index (χ1n) is 7.48. The van der Waals surface area contributed by atoms with Gasteiger partial charge in [-0.15, -0.1) is 5.10 Å². The zero-order valence-corrected chi connectivity index (χ0v) is 13.1. The number of nitrogens with one attached hydrogen (secondary N) is 1. The Hall–Kier alpha value is -2.15. The number of aromatic amines is 1. The van der Waals surface area contributed by atoms with E-state index in [-0.39, 0.29) is 18.5 Å². The van der Waals surface area contributed by atoms with E-state index in [2.05, 4.69) is 15.3 Å². The predicted molar refractivity (Wildman–Crippen MR) is 80.4 cm³/mol. The molecule has 1 aliphatic rings. The highest BCUT2D eigenvalue weighted by Gasteiger charge is 2.42. The van der Waals surface area contributed by atoms with Crippen LogP contribution >= 0.6 is 0 Å².